The normalized spacial score (nSPS) is 17.2. The highest BCUT2D eigenvalue weighted by molar-refractivity contribution is 6.01. The van der Waals surface area contributed by atoms with Crippen molar-refractivity contribution in [2.24, 2.45) is 5.73 Å². The van der Waals surface area contributed by atoms with E-state index in [0.29, 0.717) is 29.8 Å². The molecule has 8 heteroatoms. The zero-order chi connectivity index (χ0) is 18.7. The van der Waals surface area contributed by atoms with Gasteiger partial charge in [0.15, 0.2) is 12.4 Å². The van der Waals surface area contributed by atoms with Crippen LogP contribution in [0.1, 0.15) is 58.3 Å². The molecule has 1 aliphatic heterocycles. The molecule has 2 rings (SSSR count). The summed E-state index contributed by atoms with van der Waals surface area (Å²) in [7, 11) is 0. The van der Waals surface area contributed by atoms with Crippen LogP contribution in [0.5, 0.6) is 0 Å². The number of nitrogens with one attached hydrogen (secondary N) is 1. The van der Waals surface area contributed by atoms with Crippen LogP contribution in [-0.4, -0.2) is 52.6 Å². The number of aromatic amines is 1. The molecule has 1 aromatic heterocycles. The number of H-pyrrole nitrogens is 1. The van der Waals surface area contributed by atoms with Crippen LogP contribution in [0, 0.1) is 13.8 Å². The van der Waals surface area contributed by atoms with Gasteiger partial charge in [0.1, 0.15) is 11.7 Å². The number of ether oxygens (including phenoxy) is 1. The molecule has 1 saturated heterocycles. The lowest BCUT2D eigenvalue weighted by Crippen LogP contribution is -2.51. The fraction of sp³-hybridized carbons (Fsp3) is 0.529. The van der Waals surface area contributed by atoms with Gasteiger partial charge in [-0.25, -0.2) is 4.79 Å². The highest BCUT2D eigenvalue weighted by Crippen LogP contribution is 2.20. The van der Waals surface area contributed by atoms with E-state index in [1.54, 1.807) is 13.8 Å². The predicted octanol–water partition coefficient (Wildman–Crippen LogP) is 0.857. The Bertz CT molecular complexity index is 722. The summed E-state index contributed by atoms with van der Waals surface area (Å²) in [6.45, 7) is 4.69. The van der Waals surface area contributed by atoms with Crippen LogP contribution in [-0.2, 0) is 14.3 Å². The summed E-state index contributed by atoms with van der Waals surface area (Å²) in [5, 5.41) is 0. The van der Waals surface area contributed by atoms with Gasteiger partial charge in [-0.1, -0.05) is 0 Å². The van der Waals surface area contributed by atoms with Gasteiger partial charge < -0.3 is 20.4 Å². The van der Waals surface area contributed by atoms with E-state index >= 15 is 0 Å². The number of carbonyl (C=O) groups excluding carboxylic acids is 4. The molecule has 0 saturated carbocycles. The number of piperidine rings is 1. The number of carbonyl (C=O) groups is 4. The number of esters is 1. The number of primary amides is 1. The maximum atomic E-state index is 12.3. The third kappa shape index (κ3) is 3.89. The molecular weight excluding hydrogens is 326 g/mol. The van der Waals surface area contributed by atoms with Gasteiger partial charge in [0.2, 0.25) is 5.91 Å². The van der Waals surface area contributed by atoms with E-state index in [1.807, 2.05) is 0 Å². The predicted molar refractivity (Wildman–Crippen MR) is 89.1 cm³/mol. The lowest BCUT2D eigenvalue weighted by Gasteiger charge is -2.33. The van der Waals surface area contributed by atoms with Crippen molar-refractivity contribution in [1.29, 1.82) is 0 Å². The molecule has 0 radical (unpaired) electrons. The van der Waals surface area contributed by atoms with Crippen LogP contribution in [0.4, 0.5) is 0 Å². The Morgan fingerprint density at radius 2 is 1.92 bits per heavy atom. The SMILES string of the molecule is CC(=O)c1c(C)[nH]c(C(=O)OCC(=O)N2CCCC[C@H]2C(N)=O)c1C. The van der Waals surface area contributed by atoms with Gasteiger partial charge in [0.05, 0.1) is 0 Å². The monoisotopic (exact) mass is 349 g/mol. The maximum absolute atomic E-state index is 12.3. The second-order valence-corrected chi connectivity index (χ2v) is 6.26. The molecule has 0 aliphatic carbocycles. The Morgan fingerprint density at radius 1 is 1.24 bits per heavy atom. The number of amides is 2. The van der Waals surface area contributed by atoms with E-state index < -0.39 is 30.4 Å². The minimum absolute atomic E-state index is 0.153. The first-order valence-electron chi connectivity index (χ1n) is 8.20. The minimum Gasteiger partial charge on any atom is -0.451 e. The van der Waals surface area contributed by atoms with Gasteiger partial charge in [-0.05, 0) is 45.6 Å². The van der Waals surface area contributed by atoms with Gasteiger partial charge >= 0.3 is 5.97 Å². The smallest absolute Gasteiger partial charge is 0.355 e. The van der Waals surface area contributed by atoms with Crippen molar-refractivity contribution in [3.63, 3.8) is 0 Å². The molecule has 0 bridgehead atoms. The van der Waals surface area contributed by atoms with Crippen molar-refractivity contribution < 1.29 is 23.9 Å². The summed E-state index contributed by atoms with van der Waals surface area (Å²) in [6.07, 6.45) is 2.12. The number of aromatic nitrogens is 1. The van der Waals surface area contributed by atoms with Crippen LogP contribution in [0.3, 0.4) is 0 Å². The van der Waals surface area contributed by atoms with Gasteiger partial charge in [-0.2, -0.15) is 0 Å². The second-order valence-electron chi connectivity index (χ2n) is 6.26. The molecule has 25 heavy (non-hydrogen) atoms. The first kappa shape index (κ1) is 18.7. The summed E-state index contributed by atoms with van der Waals surface area (Å²) in [5.41, 5.74) is 7.01. The Kier molecular flexibility index (Phi) is 5.61. The molecule has 0 unspecified atom stereocenters. The summed E-state index contributed by atoms with van der Waals surface area (Å²) < 4.78 is 5.08. The lowest BCUT2D eigenvalue weighted by molar-refractivity contribution is -0.143. The minimum atomic E-state index is -0.714. The topological polar surface area (TPSA) is 123 Å². The molecule has 0 aromatic carbocycles. The first-order valence-corrected chi connectivity index (χ1v) is 8.20. The largest absolute Gasteiger partial charge is 0.451 e. The zero-order valence-corrected chi connectivity index (χ0v) is 14.7. The molecule has 2 heterocycles. The molecule has 136 valence electrons. The third-order valence-electron chi connectivity index (χ3n) is 4.47. The van der Waals surface area contributed by atoms with Gasteiger partial charge in [-0.3, -0.25) is 14.4 Å². The van der Waals surface area contributed by atoms with Crippen molar-refractivity contribution in [3.05, 3.63) is 22.5 Å². The fourth-order valence-corrected chi connectivity index (χ4v) is 3.29. The molecular formula is C17H23N3O5. The van der Waals surface area contributed by atoms with Crippen molar-refractivity contribution >= 4 is 23.6 Å². The Labute approximate surface area is 145 Å². The molecule has 1 aliphatic rings. The number of rotatable bonds is 5. The van der Waals surface area contributed by atoms with E-state index in [1.165, 1.54) is 11.8 Å². The number of nitrogens with zero attached hydrogens (tertiary/aromatic N) is 1. The number of ketones is 1. The molecule has 3 N–H and O–H groups in total. The van der Waals surface area contributed by atoms with Crippen LogP contribution >= 0.6 is 0 Å². The maximum Gasteiger partial charge on any atom is 0.355 e. The van der Waals surface area contributed by atoms with E-state index in [4.69, 9.17) is 10.5 Å². The Balaban J connectivity index is 2.04. The number of aryl methyl sites for hydroxylation is 1. The van der Waals surface area contributed by atoms with Crippen LogP contribution < -0.4 is 5.73 Å². The third-order valence-corrected chi connectivity index (χ3v) is 4.47. The highest BCUT2D eigenvalue weighted by atomic mass is 16.5. The first-order chi connectivity index (χ1) is 11.7. The molecule has 2 amide bonds. The van der Waals surface area contributed by atoms with Crippen molar-refractivity contribution in [3.8, 4) is 0 Å². The highest BCUT2D eigenvalue weighted by Gasteiger charge is 2.31. The number of hydrogen-bond donors (Lipinski definition) is 2. The average molecular weight is 349 g/mol. The fourth-order valence-electron chi connectivity index (χ4n) is 3.29. The molecule has 1 atom stereocenters. The number of Topliss-reactive ketones (excluding diaryl/α,β-unsaturated/α-hetero) is 1. The second kappa shape index (κ2) is 7.50. The van der Waals surface area contributed by atoms with Crippen molar-refractivity contribution in [1.82, 2.24) is 9.88 Å². The molecule has 1 fully saturated rings. The Hall–Kier alpha value is -2.64. The van der Waals surface area contributed by atoms with E-state index in [0.717, 1.165) is 12.8 Å². The van der Waals surface area contributed by atoms with E-state index in [-0.39, 0.29) is 11.5 Å². The number of likely N-dealkylation sites (tertiary alicyclic amines) is 1. The van der Waals surface area contributed by atoms with E-state index in [2.05, 4.69) is 4.98 Å². The van der Waals surface area contributed by atoms with Crippen molar-refractivity contribution in [2.45, 2.75) is 46.1 Å². The number of hydrogen-bond acceptors (Lipinski definition) is 5. The van der Waals surface area contributed by atoms with Gasteiger partial charge in [-0.15, -0.1) is 0 Å². The van der Waals surface area contributed by atoms with Gasteiger partial charge in [0, 0.05) is 17.8 Å². The lowest BCUT2D eigenvalue weighted by atomic mass is 10.0. The van der Waals surface area contributed by atoms with Crippen molar-refractivity contribution in [2.75, 3.05) is 13.2 Å². The van der Waals surface area contributed by atoms with E-state index in [9.17, 15) is 19.2 Å². The molecule has 8 nitrogen and oxygen atoms in total. The summed E-state index contributed by atoms with van der Waals surface area (Å²) in [4.78, 5) is 51.8. The zero-order valence-electron chi connectivity index (χ0n) is 14.7. The van der Waals surface area contributed by atoms with Crippen LogP contribution in [0.25, 0.3) is 0 Å². The summed E-state index contributed by atoms with van der Waals surface area (Å²) >= 11 is 0. The standard InChI is InChI=1S/C17H23N3O5/c1-9-14(11(3)21)10(2)19-15(9)17(24)25-8-13(22)20-7-5-4-6-12(20)16(18)23/h12,19H,4-8H2,1-3H3,(H2,18,23)/t12-/m0/s1. The van der Waals surface area contributed by atoms with Crippen LogP contribution in [0.15, 0.2) is 0 Å². The van der Waals surface area contributed by atoms with Gasteiger partial charge in [0.25, 0.3) is 5.91 Å². The number of nitrogens with two attached hydrogens (primary N) is 1. The Morgan fingerprint density at radius 3 is 2.48 bits per heavy atom. The average Bonchev–Trinajstić information content (AvgIpc) is 2.86. The molecule has 1 aromatic rings. The van der Waals surface area contributed by atoms with Crippen LogP contribution in [0.2, 0.25) is 0 Å². The summed E-state index contributed by atoms with van der Waals surface area (Å²) in [5.74, 6) is -1.88. The quantitative estimate of drug-likeness (QED) is 0.603. The molecule has 0 spiro atoms. The summed E-state index contributed by atoms with van der Waals surface area (Å²) in [6, 6.07) is -0.654.